The molecule has 2 aliphatic rings. The van der Waals surface area contributed by atoms with Crippen LogP contribution in [0.2, 0.25) is 0 Å². The molecule has 0 aliphatic carbocycles. The van der Waals surface area contributed by atoms with Gasteiger partial charge in [0.05, 0.1) is 22.8 Å². The fraction of sp³-hybridized carbons (Fsp3) is 0.273. The quantitative estimate of drug-likeness (QED) is 0.364. The lowest BCUT2D eigenvalue weighted by molar-refractivity contribution is 0.924. The Morgan fingerprint density at radius 3 is 2.11 bits per heavy atom. The van der Waals surface area contributed by atoms with Crippen LogP contribution in [0.4, 0.5) is 0 Å². The zero-order chi connectivity index (χ0) is 26.3. The lowest BCUT2D eigenvalue weighted by atomic mass is 10.0. The molecule has 0 amide bonds. The summed E-state index contributed by atoms with van der Waals surface area (Å²) in [4.78, 5) is 17.5. The van der Waals surface area contributed by atoms with Gasteiger partial charge in [-0.3, -0.25) is 0 Å². The van der Waals surface area contributed by atoms with Gasteiger partial charge in [0.25, 0.3) is 0 Å². The van der Waals surface area contributed by atoms with E-state index >= 15 is 0 Å². The maximum atomic E-state index is 5.17. The molecule has 5 rings (SSSR count). The average Bonchev–Trinajstić information content (AvgIpc) is 3.57. The summed E-state index contributed by atoms with van der Waals surface area (Å²) >= 11 is 0. The molecule has 37 heavy (non-hydrogen) atoms. The summed E-state index contributed by atoms with van der Waals surface area (Å²) in [6.45, 7) is 19.1. The summed E-state index contributed by atoms with van der Waals surface area (Å²) in [5, 5.41) is 0. The van der Waals surface area contributed by atoms with E-state index in [1.54, 1.807) is 0 Å². The molecule has 0 atom stereocenters. The Hall–Kier alpha value is -3.92. The fourth-order valence-corrected chi connectivity index (χ4v) is 5.53. The van der Waals surface area contributed by atoms with Crippen LogP contribution in [-0.4, -0.2) is 19.9 Å². The Balaban J connectivity index is 1.97. The molecule has 4 nitrogen and oxygen atoms in total. The van der Waals surface area contributed by atoms with Crippen LogP contribution >= 0.6 is 0 Å². The minimum Gasteiger partial charge on any atom is -0.355 e. The smallest absolute Gasteiger partial charge is 0.0730 e. The number of nitrogens with one attached hydrogen (secondary N) is 2. The number of H-pyrrole nitrogens is 2. The van der Waals surface area contributed by atoms with E-state index in [9.17, 15) is 0 Å². The normalized spacial score (nSPS) is 13.2. The Morgan fingerprint density at radius 2 is 1.41 bits per heavy atom. The van der Waals surface area contributed by atoms with E-state index in [-0.39, 0.29) is 0 Å². The topological polar surface area (TPSA) is 57.4 Å². The summed E-state index contributed by atoms with van der Waals surface area (Å²) in [6.07, 6.45) is 10.1. The summed E-state index contributed by atoms with van der Waals surface area (Å²) in [5.41, 5.74) is 16.6. The maximum Gasteiger partial charge on any atom is 0.0730 e. The predicted octanol–water partition coefficient (Wildman–Crippen LogP) is 8.98. The molecule has 0 radical (unpaired) electrons. The lowest BCUT2D eigenvalue weighted by Crippen LogP contribution is -1.86. The van der Waals surface area contributed by atoms with E-state index in [1.165, 1.54) is 22.3 Å². The largest absolute Gasteiger partial charge is 0.355 e. The molecule has 2 aliphatic heterocycles. The molecule has 5 heterocycles. The van der Waals surface area contributed by atoms with Gasteiger partial charge in [-0.15, -0.1) is 0 Å². The van der Waals surface area contributed by atoms with Crippen molar-refractivity contribution < 1.29 is 0 Å². The van der Waals surface area contributed by atoms with Crippen molar-refractivity contribution in [3.8, 4) is 0 Å². The number of rotatable bonds is 6. The summed E-state index contributed by atoms with van der Waals surface area (Å²) in [6, 6.07) is 8.69. The van der Waals surface area contributed by atoms with Gasteiger partial charge in [0, 0.05) is 33.2 Å². The van der Waals surface area contributed by atoms with Gasteiger partial charge in [0.2, 0.25) is 0 Å². The molecule has 0 saturated heterocycles. The van der Waals surface area contributed by atoms with Crippen molar-refractivity contribution in [1.29, 1.82) is 0 Å². The molecule has 3 aromatic rings. The average molecular weight is 489 g/mol. The first-order chi connectivity index (χ1) is 17.9. The van der Waals surface area contributed by atoms with Crippen LogP contribution in [0.3, 0.4) is 0 Å². The fourth-order valence-electron chi connectivity index (χ4n) is 5.53. The number of aryl methyl sites for hydroxylation is 3. The number of nitrogens with zero attached hydrogens (tertiary/aromatic N) is 2. The number of hydrogen-bond donors (Lipinski definition) is 2. The van der Waals surface area contributed by atoms with Crippen molar-refractivity contribution in [3.63, 3.8) is 0 Å². The third kappa shape index (κ3) is 4.31. The van der Waals surface area contributed by atoms with Gasteiger partial charge in [-0.25, -0.2) is 9.97 Å². The van der Waals surface area contributed by atoms with Crippen LogP contribution in [-0.2, 0) is 6.42 Å². The maximum absolute atomic E-state index is 5.17. The molecule has 188 valence electrons. The van der Waals surface area contributed by atoms with E-state index in [2.05, 4.69) is 88.1 Å². The Bertz CT molecular complexity index is 1650. The molecule has 8 bridgehead atoms. The van der Waals surface area contributed by atoms with Gasteiger partial charge < -0.3 is 9.97 Å². The second-order valence-corrected chi connectivity index (χ2v) is 10.0. The summed E-state index contributed by atoms with van der Waals surface area (Å²) in [7, 11) is 0. The van der Waals surface area contributed by atoms with Crippen molar-refractivity contribution in [1.82, 2.24) is 19.9 Å². The van der Waals surface area contributed by atoms with Gasteiger partial charge in [-0.2, -0.15) is 0 Å². The van der Waals surface area contributed by atoms with E-state index in [4.69, 9.17) is 9.97 Å². The van der Waals surface area contributed by atoms with Crippen molar-refractivity contribution in [2.45, 2.75) is 60.3 Å². The Kier molecular flexibility index (Phi) is 6.59. The van der Waals surface area contributed by atoms with E-state index < -0.39 is 0 Å². The van der Waals surface area contributed by atoms with Crippen LogP contribution in [0, 0.1) is 13.8 Å². The lowest BCUT2D eigenvalue weighted by Gasteiger charge is -2.02. The van der Waals surface area contributed by atoms with Crippen molar-refractivity contribution in [2.24, 2.45) is 0 Å². The van der Waals surface area contributed by atoms with Crippen LogP contribution in [0.1, 0.15) is 85.1 Å². The van der Waals surface area contributed by atoms with Gasteiger partial charge in [-0.1, -0.05) is 52.0 Å². The molecule has 0 unspecified atom stereocenters. The second-order valence-electron chi connectivity index (χ2n) is 10.0. The Morgan fingerprint density at radius 1 is 0.730 bits per heavy atom. The highest BCUT2D eigenvalue weighted by molar-refractivity contribution is 5.94. The zero-order valence-corrected chi connectivity index (χ0v) is 22.7. The molecule has 0 aromatic carbocycles. The zero-order valence-electron chi connectivity index (χ0n) is 22.7. The van der Waals surface area contributed by atoms with Crippen LogP contribution in [0.25, 0.3) is 50.9 Å². The molecular formula is C33H36N4. The number of hydrogen-bond acceptors (Lipinski definition) is 2. The van der Waals surface area contributed by atoms with E-state index in [0.29, 0.717) is 0 Å². The van der Waals surface area contributed by atoms with Crippen molar-refractivity contribution in [2.75, 3.05) is 0 Å². The summed E-state index contributed by atoms with van der Waals surface area (Å²) in [5.74, 6) is 0. The summed E-state index contributed by atoms with van der Waals surface area (Å²) < 4.78 is 0. The van der Waals surface area contributed by atoms with Crippen molar-refractivity contribution in [3.05, 3.63) is 88.5 Å². The standard InChI is InChI=1S/C33H36N4/c1-8-12-25-20(6)28-16-27-19(5)24(11-4)31(35-27)15-23-14-22(10-3)30(34-23)17-29-21(7)26(13-9-2)33(37-29)18-32(25)36-28/h10-11,14-18,35,37H,3-4,8-9,12-13H2,1-2,5-7H3. The van der Waals surface area contributed by atoms with Gasteiger partial charge in [-0.05, 0) is 91.8 Å². The first-order valence-corrected chi connectivity index (χ1v) is 13.3. The minimum atomic E-state index is 0.893. The van der Waals surface area contributed by atoms with Crippen LogP contribution in [0.5, 0.6) is 0 Å². The first kappa shape index (κ1) is 24.8. The molecule has 0 saturated carbocycles. The molecule has 4 heteroatoms. The van der Waals surface area contributed by atoms with E-state index in [1.807, 2.05) is 12.2 Å². The monoisotopic (exact) mass is 488 g/mol. The molecule has 3 aromatic heterocycles. The molecule has 0 spiro atoms. The predicted molar refractivity (Wildman–Crippen MR) is 160 cm³/mol. The highest BCUT2D eigenvalue weighted by Gasteiger charge is 2.18. The minimum absolute atomic E-state index is 0.893. The first-order valence-electron chi connectivity index (χ1n) is 13.3. The Labute approximate surface area is 219 Å². The molecular weight excluding hydrogens is 452 g/mol. The SMILES string of the molecule is C=CC1=Cc2cc3[nH]c(cc4nc(cc5[nH]c(cc1n2)c(C)c5CCC)C(CCC)=C4C)c(C)c3C=C. The molecule has 2 N–H and O–H groups in total. The van der Waals surface area contributed by atoms with Gasteiger partial charge in [0.15, 0.2) is 0 Å². The molecule has 0 fully saturated rings. The third-order valence-electron chi connectivity index (χ3n) is 7.61. The number of fused-ring (bicyclic) bond motifs is 8. The van der Waals surface area contributed by atoms with Crippen LogP contribution < -0.4 is 0 Å². The number of aromatic nitrogens is 4. The third-order valence-corrected chi connectivity index (χ3v) is 7.61. The highest BCUT2D eigenvalue weighted by Crippen LogP contribution is 2.35. The van der Waals surface area contributed by atoms with Gasteiger partial charge in [0.1, 0.15) is 0 Å². The van der Waals surface area contributed by atoms with Crippen molar-refractivity contribution >= 4 is 50.9 Å². The van der Waals surface area contributed by atoms with Crippen LogP contribution in [0.15, 0.2) is 43.5 Å². The number of allylic oxidation sites excluding steroid dienone is 4. The highest BCUT2D eigenvalue weighted by atomic mass is 14.8. The number of aromatic amines is 2. The van der Waals surface area contributed by atoms with Gasteiger partial charge >= 0.3 is 0 Å². The van der Waals surface area contributed by atoms with E-state index in [0.717, 1.165) is 87.2 Å². The second kappa shape index (κ2) is 9.85.